The molecule has 1 aromatic carbocycles. The van der Waals surface area contributed by atoms with E-state index in [0.29, 0.717) is 22.6 Å². The zero-order chi connectivity index (χ0) is 15.8. The largest absolute Gasteiger partial charge is 0.449 e. The first-order valence-corrected chi connectivity index (χ1v) is 7.54. The summed E-state index contributed by atoms with van der Waals surface area (Å²) in [6.45, 7) is -0.0731. The summed E-state index contributed by atoms with van der Waals surface area (Å²) in [4.78, 5) is 30.8. The van der Waals surface area contributed by atoms with Crippen LogP contribution in [0.2, 0.25) is 0 Å². The Bertz CT molecular complexity index is 736. The summed E-state index contributed by atoms with van der Waals surface area (Å²) in [7, 11) is 0. The molecule has 0 atom stereocenters. The third kappa shape index (κ3) is 4.17. The zero-order valence-electron chi connectivity index (χ0n) is 11.8. The van der Waals surface area contributed by atoms with Crippen molar-refractivity contribution in [1.82, 2.24) is 9.97 Å². The van der Waals surface area contributed by atoms with Gasteiger partial charge in [0.1, 0.15) is 5.69 Å². The fourth-order valence-electron chi connectivity index (χ4n) is 1.55. The monoisotopic (exact) mass is 312 g/mol. The number of hydrogen-bond acceptors (Lipinski definition) is 6. The molecule has 2 rings (SSSR count). The van der Waals surface area contributed by atoms with Gasteiger partial charge in [0.15, 0.2) is 18.0 Å². The van der Waals surface area contributed by atoms with Gasteiger partial charge in [-0.25, -0.2) is 14.8 Å². The fourth-order valence-corrected chi connectivity index (χ4v) is 1.90. The number of carbonyl (C=O) groups is 2. The normalized spacial score (nSPS) is 9.50. The molecule has 22 heavy (non-hydrogen) atoms. The highest BCUT2D eigenvalue weighted by Gasteiger charge is 2.05. The Morgan fingerprint density at radius 1 is 1.36 bits per heavy atom. The molecule has 1 heterocycles. The third-order valence-electron chi connectivity index (χ3n) is 2.60. The predicted octanol–water partition coefficient (Wildman–Crippen LogP) is 2.22. The van der Waals surface area contributed by atoms with E-state index in [9.17, 15) is 9.59 Å². The van der Waals surface area contributed by atoms with Gasteiger partial charge in [0.05, 0.1) is 11.1 Å². The maximum absolute atomic E-state index is 11.7. The van der Waals surface area contributed by atoms with Gasteiger partial charge in [0.2, 0.25) is 0 Å². The van der Waals surface area contributed by atoms with Crippen LogP contribution >= 0.6 is 11.8 Å². The maximum atomic E-state index is 11.7. The van der Waals surface area contributed by atoms with Crippen LogP contribution in [-0.4, -0.2) is 35.1 Å². The lowest BCUT2D eigenvalue weighted by Gasteiger charge is -2.00. The smallest absolute Gasteiger partial charge is 0.339 e. The van der Waals surface area contributed by atoms with Gasteiger partial charge in [-0.15, -0.1) is 0 Å². The van der Waals surface area contributed by atoms with Crippen molar-refractivity contribution in [1.29, 1.82) is 0 Å². The van der Waals surface area contributed by atoms with Crippen LogP contribution in [0.5, 0.6) is 0 Å². The molecular formula is C16H12N2O3S. The molecule has 0 spiro atoms. The van der Waals surface area contributed by atoms with E-state index in [2.05, 4.69) is 21.8 Å². The van der Waals surface area contributed by atoms with Crippen molar-refractivity contribution in [2.45, 2.75) is 5.16 Å². The molecule has 0 aliphatic rings. The zero-order valence-corrected chi connectivity index (χ0v) is 12.6. The Kier molecular flexibility index (Phi) is 5.69. The Balaban J connectivity index is 2.00. The minimum Gasteiger partial charge on any atom is -0.449 e. The van der Waals surface area contributed by atoms with E-state index < -0.39 is 5.97 Å². The second-order valence-corrected chi connectivity index (χ2v) is 4.79. The van der Waals surface area contributed by atoms with Crippen LogP contribution in [-0.2, 0) is 4.74 Å². The van der Waals surface area contributed by atoms with Crippen LogP contribution in [0.15, 0.2) is 41.7 Å². The summed E-state index contributed by atoms with van der Waals surface area (Å²) >= 11 is 1.34. The first kappa shape index (κ1) is 15.7. The molecule has 0 radical (unpaired) electrons. The summed E-state index contributed by atoms with van der Waals surface area (Å²) < 4.78 is 5.02. The molecule has 5 nitrogen and oxygen atoms in total. The predicted molar refractivity (Wildman–Crippen MR) is 82.8 cm³/mol. The highest BCUT2D eigenvalue weighted by atomic mass is 32.2. The van der Waals surface area contributed by atoms with E-state index >= 15 is 0 Å². The number of aldehydes is 1. The van der Waals surface area contributed by atoms with Crippen LogP contribution in [0, 0.1) is 11.8 Å². The Morgan fingerprint density at radius 3 is 2.82 bits per heavy atom. The summed E-state index contributed by atoms with van der Waals surface area (Å²) in [5.74, 6) is 4.96. The third-order valence-corrected chi connectivity index (χ3v) is 3.16. The quantitative estimate of drug-likeness (QED) is 0.283. The van der Waals surface area contributed by atoms with Crippen molar-refractivity contribution in [2.24, 2.45) is 0 Å². The lowest BCUT2D eigenvalue weighted by molar-refractivity contribution is 0.0556. The molecule has 110 valence electrons. The van der Waals surface area contributed by atoms with Crippen LogP contribution in [0.1, 0.15) is 26.4 Å². The molecule has 2 aromatic rings. The highest BCUT2D eigenvalue weighted by molar-refractivity contribution is 7.98. The van der Waals surface area contributed by atoms with E-state index in [4.69, 9.17) is 4.74 Å². The minimum atomic E-state index is -0.445. The first-order chi connectivity index (χ1) is 10.7. The summed E-state index contributed by atoms with van der Waals surface area (Å²) in [5.41, 5.74) is 1.09. The number of esters is 1. The van der Waals surface area contributed by atoms with Crippen molar-refractivity contribution in [3.05, 3.63) is 53.3 Å². The average molecular weight is 312 g/mol. The molecule has 0 unspecified atom stereocenters. The van der Waals surface area contributed by atoms with Crippen molar-refractivity contribution in [3.8, 4) is 11.8 Å². The van der Waals surface area contributed by atoms with Gasteiger partial charge in [0.25, 0.3) is 0 Å². The summed E-state index contributed by atoms with van der Waals surface area (Å²) in [6, 6.07) is 8.65. The molecule has 0 amide bonds. The second kappa shape index (κ2) is 7.96. The number of benzene rings is 1. The Labute approximate surface area is 132 Å². The van der Waals surface area contributed by atoms with Crippen LogP contribution in [0.25, 0.3) is 0 Å². The molecule has 0 aliphatic carbocycles. The summed E-state index contributed by atoms with van der Waals surface area (Å²) in [6.07, 6.45) is 3.92. The van der Waals surface area contributed by atoms with E-state index in [1.165, 1.54) is 18.0 Å². The number of ether oxygens (including phenoxy) is 1. The number of rotatable bonds is 4. The molecular weight excluding hydrogens is 300 g/mol. The van der Waals surface area contributed by atoms with Gasteiger partial charge in [-0.3, -0.25) is 4.79 Å². The van der Waals surface area contributed by atoms with Crippen molar-refractivity contribution in [2.75, 3.05) is 12.9 Å². The van der Waals surface area contributed by atoms with Gasteiger partial charge in [-0.1, -0.05) is 41.8 Å². The molecule has 0 fully saturated rings. The van der Waals surface area contributed by atoms with Gasteiger partial charge < -0.3 is 4.74 Å². The maximum Gasteiger partial charge on any atom is 0.339 e. The number of carbonyl (C=O) groups excluding carboxylic acids is 2. The first-order valence-electron chi connectivity index (χ1n) is 6.32. The van der Waals surface area contributed by atoms with Crippen LogP contribution < -0.4 is 0 Å². The van der Waals surface area contributed by atoms with Crippen LogP contribution in [0.3, 0.4) is 0 Å². The number of nitrogens with zero attached hydrogens (tertiary/aromatic N) is 2. The number of aromatic nitrogens is 2. The van der Waals surface area contributed by atoms with E-state index in [1.54, 1.807) is 24.3 Å². The van der Waals surface area contributed by atoms with Gasteiger partial charge in [0, 0.05) is 6.20 Å². The molecule has 0 aliphatic heterocycles. The second-order valence-electron chi connectivity index (χ2n) is 4.02. The molecule has 0 N–H and O–H groups in total. The lowest BCUT2D eigenvalue weighted by Crippen LogP contribution is -2.05. The Morgan fingerprint density at radius 2 is 2.14 bits per heavy atom. The van der Waals surface area contributed by atoms with Crippen molar-refractivity contribution < 1.29 is 14.3 Å². The number of hydrogen-bond donors (Lipinski definition) is 0. The topological polar surface area (TPSA) is 69.2 Å². The lowest BCUT2D eigenvalue weighted by atomic mass is 10.2. The number of thioether (sulfide) groups is 1. The van der Waals surface area contributed by atoms with Crippen molar-refractivity contribution >= 4 is 24.0 Å². The van der Waals surface area contributed by atoms with Gasteiger partial charge in [-0.2, -0.15) is 0 Å². The minimum absolute atomic E-state index is 0.0731. The molecule has 0 bridgehead atoms. The fraction of sp³-hybridized carbons (Fsp3) is 0.125. The van der Waals surface area contributed by atoms with Gasteiger partial charge in [-0.05, 0) is 18.4 Å². The SMILES string of the molecule is CSc1ncc(C#CCOC(=O)c2ccccc2)c(C=O)n1. The average Bonchev–Trinajstić information content (AvgIpc) is 2.59. The highest BCUT2D eigenvalue weighted by Crippen LogP contribution is 2.10. The van der Waals surface area contributed by atoms with E-state index in [1.807, 2.05) is 12.3 Å². The molecule has 1 aromatic heterocycles. The Hall–Kier alpha value is -2.65. The standard InChI is InChI=1S/C16H12N2O3S/c1-22-16-17-10-13(14(11-19)18-16)8-5-9-21-15(20)12-6-3-2-4-7-12/h2-4,6-7,10-11H,9H2,1H3. The summed E-state index contributed by atoms with van der Waals surface area (Å²) in [5, 5.41) is 0.503. The van der Waals surface area contributed by atoms with Gasteiger partial charge >= 0.3 is 5.97 Å². The van der Waals surface area contributed by atoms with Crippen LogP contribution in [0.4, 0.5) is 0 Å². The molecule has 6 heteroatoms. The molecule has 0 saturated heterocycles. The van der Waals surface area contributed by atoms with Crippen molar-refractivity contribution in [3.63, 3.8) is 0 Å². The van der Waals surface area contributed by atoms with E-state index in [0.717, 1.165) is 0 Å². The van der Waals surface area contributed by atoms with E-state index in [-0.39, 0.29) is 12.3 Å². The molecule has 0 saturated carbocycles.